The van der Waals surface area contributed by atoms with Crippen molar-refractivity contribution in [1.82, 2.24) is 15.2 Å². The van der Waals surface area contributed by atoms with Crippen molar-refractivity contribution in [3.63, 3.8) is 0 Å². The van der Waals surface area contributed by atoms with Gasteiger partial charge in [-0.1, -0.05) is 41.9 Å². The number of anilines is 3. The summed E-state index contributed by atoms with van der Waals surface area (Å²) in [5, 5.41) is 23.8. The molecule has 0 aliphatic rings. The molecule has 0 aliphatic carbocycles. The van der Waals surface area contributed by atoms with E-state index in [0.29, 0.717) is 34.6 Å². The van der Waals surface area contributed by atoms with Gasteiger partial charge in [0.15, 0.2) is 5.82 Å². The van der Waals surface area contributed by atoms with E-state index in [0.717, 1.165) is 5.56 Å². The molecule has 2 aromatic carbocycles. The minimum absolute atomic E-state index is 0.370. The lowest BCUT2D eigenvalue weighted by Gasteiger charge is -2.09. The van der Waals surface area contributed by atoms with Crippen molar-refractivity contribution in [2.75, 3.05) is 10.6 Å². The molecule has 0 fully saturated rings. The molecule has 0 saturated carbocycles. The van der Waals surface area contributed by atoms with Crippen molar-refractivity contribution in [2.45, 2.75) is 6.54 Å². The summed E-state index contributed by atoms with van der Waals surface area (Å²) in [6, 6.07) is 16.8. The van der Waals surface area contributed by atoms with Gasteiger partial charge in [0.1, 0.15) is 6.07 Å². The van der Waals surface area contributed by atoms with Gasteiger partial charge in [-0.15, -0.1) is 5.10 Å². The van der Waals surface area contributed by atoms with E-state index in [2.05, 4.69) is 31.9 Å². The van der Waals surface area contributed by atoms with Crippen LogP contribution in [0.3, 0.4) is 0 Å². The molecule has 2 N–H and O–H groups in total. The maximum absolute atomic E-state index is 9.12. The number of nitrogens with one attached hydrogen (secondary N) is 2. The first kappa shape index (κ1) is 15.7. The van der Waals surface area contributed by atoms with Gasteiger partial charge < -0.3 is 10.6 Å². The molecule has 24 heavy (non-hydrogen) atoms. The molecule has 0 radical (unpaired) electrons. The van der Waals surface area contributed by atoms with Crippen LogP contribution in [0, 0.1) is 11.3 Å². The van der Waals surface area contributed by atoms with E-state index in [1.165, 1.54) is 6.20 Å². The number of benzene rings is 2. The Labute approximate surface area is 144 Å². The first-order valence-corrected chi connectivity index (χ1v) is 7.57. The van der Waals surface area contributed by atoms with Crippen molar-refractivity contribution in [3.05, 3.63) is 70.9 Å². The Morgan fingerprint density at radius 2 is 1.88 bits per heavy atom. The molecule has 1 aromatic heterocycles. The van der Waals surface area contributed by atoms with Gasteiger partial charge >= 0.3 is 0 Å². The number of aromatic nitrogens is 3. The number of para-hydroxylation sites is 1. The third kappa shape index (κ3) is 3.77. The zero-order valence-electron chi connectivity index (χ0n) is 12.6. The van der Waals surface area contributed by atoms with Crippen LogP contribution in [0.4, 0.5) is 17.5 Å². The predicted octanol–water partition coefficient (Wildman–Crippen LogP) is 3.75. The van der Waals surface area contributed by atoms with E-state index >= 15 is 0 Å². The van der Waals surface area contributed by atoms with Gasteiger partial charge in [-0.05, 0) is 23.8 Å². The number of nitriles is 1. The molecule has 0 aliphatic heterocycles. The summed E-state index contributed by atoms with van der Waals surface area (Å²) in [6.45, 7) is 0.486. The number of hydrogen-bond donors (Lipinski definition) is 2. The predicted molar refractivity (Wildman–Crippen MR) is 93.0 cm³/mol. The van der Waals surface area contributed by atoms with E-state index in [-0.39, 0.29) is 0 Å². The molecule has 3 aromatic rings. The lowest BCUT2D eigenvalue weighted by atomic mass is 10.2. The Balaban J connectivity index is 1.73. The number of hydrogen-bond acceptors (Lipinski definition) is 6. The Bertz CT molecular complexity index is 890. The maximum Gasteiger partial charge on any atom is 0.244 e. The molecule has 0 amide bonds. The summed E-state index contributed by atoms with van der Waals surface area (Å²) in [5.41, 5.74) is 2.13. The van der Waals surface area contributed by atoms with Crippen LogP contribution >= 0.6 is 11.6 Å². The topological polar surface area (TPSA) is 86.5 Å². The van der Waals surface area contributed by atoms with Crippen LogP contribution in [-0.2, 0) is 6.54 Å². The van der Waals surface area contributed by atoms with Gasteiger partial charge in [-0.25, -0.2) is 0 Å². The Kier molecular flexibility index (Phi) is 4.84. The lowest BCUT2D eigenvalue weighted by Crippen LogP contribution is -2.07. The molecule has 6 nitrogen and oxygen atoms in total. The van der Waals surface area contributed by atoms with Gasteiger partial charge in [-0.2, -0.15) is 15.3 Å². The monoisotopic (exact) mass is 336 g/mol. The first-order valence-electron chi connectivity index (χ1n) is 7.19. The minimum atomic E-state index is 0.370. The van der Waals surface area contributed by atoms with Crippen molar-refractivity contribution in [2.24, 2.45) is 0 Å². The number of rotatable bonds is 5. The third-order valence-corrected chi connectivity index (χ3v) is 3.63. The van der Waals surface area contributed by atoms with Gasteiger partial charge in [0.2, 0.25) is 5.95 Å². The average molecular weight is 337 g/mol. The molecule has 0 unspecified atom stereocenters. The summed E-state index contributed by atoms with van der Waals surface area (Å²) < 4.78 is 0. The van der Waals surface area contributed by atoms with Crippen LogP contribution in [0.2, 0.25) is 5.02 Å². The normalized spacial score (nSPS) is 10.0. The highest BCUT2D eigenvalue weighted by Crippen LogP contribution is 2.19. The molecule has 7 heteroatoms. The van der Waals surface area contributed by atoms with Crippen molar-refractivity contribution < 1.29 is 0 Å². The lowest BCUT2D eigenvalue weighted by molar-refractivity contribution is 0.949. The highest BCUT2D eigenvalue weighted by molar-refractivity contribution is 6.31. The number of halogens is 1. The fourth-order valence-corrected chi connectivity index (χ4v) is 2.28. The van der Waals surface area contributed by atoms with E-state index in [9.17, 15) is 0 Å². The largest absolute Gasteiger partial charge is 0.349 e. The van der Waals surface area contributed by atoms with E-state index in [1.807, 2.05) is 30.3 Å². The zero-order valence-corrected chi connectivity index (χ0v) is 13.3. The standard InChI is InChI=1S/C17H13ClN6/c18-14-7-3-1-6-13(14)10-20-17-23-16(11-21-24-17)22-15-8-4-2-5-12(15)9-19/h1-8,11H,10H2,(H2,20,22,23,24). The van der Waals surface area contributed by atoms with Gasteiger partial charge in [0.05, 0.1) is 17.4 Å². The highest BCUT2D eigenvalue weighted by atomic mass is 35.5. The van der Waals surface area contributed by atoms with Gasteiger partial charge in [0, 0.05) is 11.6 Å². The summed E-state index contributed by atoms with van der Waals surface area (Å²) in [7, 11) is 0. The van der Waals surface area contributed by atoms with Gasteiger partial charge in [0.25, 0.3) is 0 Å². The van der Waals surface area contributed by atoms with Crippen LogP contribution in [-0.4, -0.2) is 15.2 Å². The van der Waals surface area contributed by atoms with Crippen molar-refractivity contribution >= 4 is 29.1 Å². The molecule has 0 atom stereocenters. The maximum atomic E-state index is 9.12. The third-order valence-electron chi connectivity index (χ3n) is 3.26. The van der Waals surface area contributed by atoms with Crippen LogP contribution in [0.1, 0.15) is 11.1 Å². The molecule has 0 saturated heterocycles. The van der Waals surface area contributed by atoms with Crippen LogP contribution in [0.25, 0.3) is 0 Å². The molecule has 1 heterocycles. The first-order chi connectivity index (χ1) is 11.8. The molecular formula is C17H13ClN6. The second-order valence-corrected chi connectivity index (χ2v) is 5.30. The van der Waals surface area contributed by atoms with E-state index in [1.54, 1.807) is 18.2 Å². The molecule has 0 spiro atoms. The highest BCUT2D eigenvalue weighted by Gasteiger charge is 2.05. The molecular weight excluding hydrogens is 324 g/mol. The second kappa shape index (κ2) is 7.40. The van der Waals surface area contributed by atoms with E-state index in [4.69, 9.17) is 16.9 Å². The zero-order chi connectivity index (χ0) is 16.8. The summed E-state index contributed by atoms with van der Waals surface area (Å²) in [6.07, 6.45) is 1.49. The average Bonchev–Trinajstić information content (AvgIpc) is 2.62. The second-order valence-electron chi connectivity index (χ2n) is 4.89. The summed E-state index contributed by atoms with van der Waals surface area (Å²) in [5.74, 6) is 0.865. The summed E-state index contributed by atoms with van der Waals surface area (Å²) in [4.78, 5) is 4.34. The molecule has 3 rings (SSSR count). The van der Waals surface area contributed by atoms with Crippen molar-refractivity contribution in [3.8, 4) is 6.07 Å². The SMILES string of the molecule is N#Cc1ccccc1Nc1cnnc(NCc2ccccc2Cl)n1. The smallest absolute Gasteiger partial charge is 0.244 e. The fraction of sp³-hybridized carbons (Fsp3) is 0.0588. The Morgan fingerprint density at radius 3 is 2.71 bits per heavy atom. The minimum Gasteiger partial charge on any atom is -0.349 e. The van der Waals surface area contributed by atoms with Crippen LogP contribution < -0.4 is 10.6 Å². The van der Waals surface area contributed by atoms with Gasteiger partial charge in [-0.3, -0.25) is 0 Å². The van der Waals surface area contributed by atoms with E-state index < -0.39 is 0 Å². The molecule has 0 bridgehead atoms. The quantitative estimate of drug-likeness (QED) is 0.737. The molecule has 118 valence electrons. The van der Waals surface area contributed by atoms with Crippen LogP contribution in [0.15, 0.2) is 54.7 Å². The van der Waals surface area contributed by atoms with Crippen molar-refractivity contribution in [1.29, 1.82) is 5.26 Å². The number of nitrogens with zero attached hydrogens (tertiary/aromatic N) is 4. The summed E-state index contributed by atoms with van der Waals surface area (Å²) >= 11 is 6.12. The Morgan fingerprint density at radius 1 is 1.08 bits per heavy atom. The fourth-order valence-electron chi connectivity index (χ4n) is 2.08. The van der Waals surface area contributed by atoms with Crippen LogP contribution in [0.5, 0.6) is 0 Å². The Hall–Kier alpha value is -3.17.